The summed E-state index contributed by atoms with van der Waals surface area (Å²) in [5.41, 5.74) is -0.106. The van der Waals surface area contributed by atoms with Crippen LogP contribution in [-0.2, 0) is 4.79 Å². The van der Waals surface area contributed by atoms with Crippen LogP contribution in [0.1, 0.15) is 88.5 Å². The van der Waals surface area contributed by atoms with Crippen molar-refractivity contribution in [2.24, 2.45) is 39.4 Å². The molecule has 0 bridgehead atoms. The van der Waals surface area contributed by atoms with Crippen molar-refractivity contribution in [1.29, 1.82) is 0 Å². The van der Waals surface area contributed by atoms with E-state index in [1.807, 2.05) is 0 Å². The van der Waals surface area contributed by atoms with Gasteiger partial charge in [0.15, 0.2) is 0 Å². The minimum Gasteiger partial charge on any atom is -0.550 e. The summed E-state index contributed by atoms with van der Waals surface area (Å²) in [7, 11) is 4.69. The summed E-state index contributed by atoms with van der Waals surface area (Å²) in [6.45, 7) is 24.7. The van der Waals surface area contributed by atoms with Gasteiger partial charge in [-0.05, 0) is 40.9 Å². The van der Waals surface area contributed by atoms with Crippen LogP contribution in [0.3, 0.4) is 0 Å². The molecule has 1 aliphatic rings. The number of carboxylic acids is 1. The number of carbonyl (C=O) groups is 1. The average Bonchev–Trinajstić information content (AvgIpc) is 2.65. The third-order valence-electron chi connectivity index (χ3n) is 7.49. The average molecular weight is 396 g/mol. The number of quaternary nitrogens is 1. The van der Waals surface area contributed by atoms with Crippen LogP contribution in [0.5, 0.6) is 0 Å². The summed E-state index contributed by atoms with van der Waals surface area (Å²) in [6, 6.07) is 0. The predicted molar refractivity (Wildman–Crippen MR) is 118 cm³/mol. The number of aliphatic carboxylic acids is 1. The molecule has 1 fully saturated rings. The topological polar surface area (TPSA) is 40.1 Å². The summed E-state index contributed by atoms with van der Waals surface area (Å²) in [6.07, 6.45) is 2.97. The first kappa shape index (κ1) is 25.5. The molecule has 0 aromatic carbocycles. The maximum atomic E-state index is 12.1. The van der Waals surface area contributed by atoms with Crippen LogP contribution < -0.4 is 5.11 Å². The zero-order valence-corrected chi connectivity index (χ0v) is 21.0. The smallest absolute Gasteiger partial charge is 0.0816 e. The maximum absolute atomic E-state index is 12.1. The molecule has 166 valence electrons. The molecular weight excluding hydrogens is 346 g/mol. The second kappa shape index (κ2) is 7.93. The summed E-state index contributed by atoms with van der Waals surface area (Å²) >= 11 is 0. The van der Waals surface area contributed by atoms with E-state index in [1.54, 1.807) is 0 Å². The first-order valence-electron chi connectivity index (χ1n) is 11.2. The molecule has 3 nitrogen and oxygen atoms in total. The third kappa shape index (κ3) is 6.75. The minimum atomic E-state index is -0.887. The van der Waals surface area contributed by atoms with Gasteiger partial charge < -0.3 is 14.4 Å². The number of nitrogens with zero attached hydrogens (tertiary/aromatic N) is 1. The fourth-order valence-electron chi connectivity index (χ4n) is 5.53. The van der Waals surface area contributed by atoms with Gasteiger partial charge in [-0.2, -0.15) is 0 Å². The highest BCUT2D eigenvalue weighted by molar-refractivity contribution is 5.69. The fraction of sp³-hybridized carbons (Fsp3) is 0.960. The molecule has 0 saturated carbocycles. The van der Waals surface area contributed by atoms with Crippen LogP contribution in [0.15, 0.2) is 0 Å². The minimum absolute atomic E-state index is 0.0287. The molecule has 0 radical (unpaired) electrons. The molecule has 3 atom stereocenters. The van der Waals surface area contributed by atoms with Gasteiger partial charge in [-0.1, -0.05) is 69.2 Å². The van der Waals surface area contributed by atoms with Crippen molar-refractivity contribution in [3.05, 3.63) is 0 Å². The quantitative estimate of drug-likeness (QED) is 0.570. The molecule has 3 heteroatoms. The normalized spacial score (nSPS) is 25.0. The lowest BCUT2D eigenvalue weighted by Crippen LogP contribution is -2.49. The summed E-state index contributed by atoms with van der Waals surface area (Å²) in [5, 5.41) is 12.1. The number of carbonyl (C=O) groups excluding carboxylic acids is 1. The number of hydrogen-bond donors (Lipinski definition) is 0. The molecular formula is C25H49NO2. The lowest BCUT2D eigenvalue weighted by atomic mass is 9.55. The molecule has 0 spiro atoms. The molecule has 0 aromatic heterocycles. The van der Waals surface area contributed by atoms with Crippen LogP contribution in [0.4, 0.5) is 0 Å². The Morgan fingerprint density at radius 1 is 0.857 bits per heavy atom. The van der Waals surface area contributed by atoms with Crippen molar-refractivity contribution in [1.82, 2.24) is 0 Å². The van der Waals surface area contributed by atoms with E-state index in [4.69, 9.17) is 0 Å². The Kier molecular flexibility index (Phi) is 7.21. The van der Waals surface area contributed by atoms with Crippen LogP contribution in [0, 0.1) is 39.4 Å². The predicted octanol–water partition coefficient (Wildman–Crippen LogP) is 4.99. The van der Waals surface area contributed by atoms with E-state index in [0.29, 0.717) is 23.7 Å². The van der Waals surface area contributed by atoms with E-state index < -0.39 is 11.9 Å². The zero-order chi connectivity index (χ0) is 22.3. The molecule has 1 saturated heterocycles. The van der Waals surface area contributed by atoms with Crippen molar-refractivity contribution < 1.29 is 14.4 Å². The second-order valence-electron chi connectivity index (χ2n) is 14.0. The van der Waals surface area contributed by atoms with Gasteiger partial charge in [0.05, 0.1) is 27.2 Å². The zero-order valence-electron chi connectivity index (χ0n) is 21.0. The molecule has 1 heterocycles. The molecule has 1 rings (SSSR count). The van der Waals surface area contributed by atoms with Crippen LogP contribution in [-0.4, -0.2) is 37.6 Å². The summed E-state index contributed by atoms with van der Waals surface area (Å²) < 4.78 is 1.08. The van der Waals surface area contributed by atoms with E-state index in [0.717, 1.165) is 10.9 Å². The Hall–Kier alpha value is -0.570. The molecule has 1 aliphatic heterocycles. The van der Waals surface area contributed by atoms with Crippen LogP contribution >= 0.6 is 0 Å². The van der Waals surface area contributed by atoms with Crippen molar-refractivity contribution in [3.8, 4) is 0 Å². The monoisotopic (exact) mass is 395 g/mol. The summed E-state index contributed by atoms with van der Waals surface area (Å²) in [4.78, 5) is 12.1. The third-order valence-corrected chi connectivity index (χ3v) is 7.49. The van der Waals surface area contributed by atoms with Gasteiger partial charge in [-0.15, -0.1) is 0 Å². The van der Waals surface area contributed by atoms with Crippen LogP contribution in [0.2, 0.25) is 0 Å². The highest BCUT2D eigenvalue weighted by Crippen LogP contribution is 2.53. The van der Waals surface area contributed by atoms with E-state index in [-0.39, 0.29) is 16.2 Å². The van der Waals surface area contributed by atoms with Gasteiger partial charge in [-0.25, -0.2) is 0 Å². The van der Waals surface area contributed by atoms with Crippen LogP contribution in [0.25, 0.3) is 0 Å². The maximum Gasteiger partial charge on any atom is 0.0816 e. The second-order valence-corrected chi connectivity index (χ2v) is 14.0. The van der Waals surface area contributed by atoms with Gasteiger partial charge in [0.1, 0.15) is 0 Å². The summed E-state index contributed by atoms with van der Waals surface area (Å²) in [5.74, 6) is 0.0175. The molecule has 0 N–H and O–H groups in total. The molecule has 3 unspecified atom stereocenters. The van der Waals surface area contributed by atoms with Gasteiger partial charge in [0, 0.05) is 23.7 Å². The molecule has 0 amide bonds. The van der Waals surface area contributed by atoms with E-state index in [2.05, 4.69) is 83.3 Å². The van der Waals surface area contributed by atoms with Crippen molar-refractivity contribution in [2.45, 2.75) is 88.5 Å². The van der Waals surface area contributed by atoms with Gasteiger partial charge in [0.2, 0.25) is 0 Å². The largest absolute Gasteiger partial charge is 0.550 e. The van der Waals surface area contributed by atoms with Gasteiger partial charge in [-0.3, -0.25) is 0 Å². The molecule has 28 heavy (non-hydrogen) atoms. The lowest BCUT2D eigenvalue weighted by Gasteiger charge is -2.50. The Morgan fingerprint density at radius 3 is 1.64 bits per heavy atom. The van der Waals surface area contributed by atoms with E-state index in [9.17, 15) is 9.90 Å². The Labute approximate surface area is 175 Å². The van der Waals surface area contributed by atoms with Gasteiger partial charge in [0.25, 0.3) is 0 Å². The molecule has 0 aromatic rings. The van der Waals surface area contributed by atoms with Crippen molar-refractivity contribution in [2.75, 3.05) is 27.2 Å². The lowest BCUT2D eigenvalue weighted by molar-refractivity contribution is -0.880. The first-order valence-corrected chi connectivity index (χ1v) is 11.2. The Morgan fingerprint density at radius 2 is 1.29 bits per heavy atom. The fourth-order valence-corrected chi connectivity index (χ4v) is 5.53. The Bertz CT molecular complexity index is 546. The van der Waals surface area contributed by atoms with Crippen molar-refractivity contribution in [3.63, 3.8) is 0 Å². The van der Waals surface area contributed by atoms with Crippen molar-refractivity contribution >= 4 is 5.97 Å². The van der Waals surface area contributed by atoms with Gasteiger partial charge >= 0.3 is 0 Å². The highest BCUT2D eigenvalue weighted by atomic mass is 16.4. The number of rotatable bonds is 7. The van der Waals surface area contributed by atoms with E-state index >= 15 is 0 Å². The highest BCUT2D eigenvalue weighted by Gasteiger charge is 2.50. The standard InChI is InChI=1S/C25H49NO2/c1-22(2,3)13-18-16-26(11,12)17-19(18)14-24(7,8)25(9,10)20(21(27)28)15-23(4,5)6/h18-20H,13-17H2,1-12H3. The van der Waals surface area contributed by atoms with E-state index in [1.165, 1.54) is 19.5 Å². The molecule has 0 aliphatic carbocycles. The SMILES string of the molecule is CC(C)(C)CC1C[N+](C)(C)CC1CC(C)(C)C(C)(C)C(CC(C)(C)C)C(=O)[O-]. The Balaban J connectivity index is 3.12. The number of hydrogen-bond acceptors (Lipinski definition) is 2. The number of carboxylic acid groups (broad SMARTS) is 1. The number of likely N-dealkylation sites (tertiary alicyclic amines) is 1. The first-order chi connectivity index (χ1) is 12.2.